The molecule has 0 spiro atoms. The van der Waals surface area contributed by atoms with Gasteiger partial charge in [-0.15, -0.1) is 0 Å². The molecule has 0 fully saturated rings. The highest BCUT2D eigenvalue weighted by molar-refractivity contribution is 9.10. The molecule has 5 aliphatic heterocycles. The number of nitrogens with zero attached hydrogens (tertiary/aromatic N) is 5. The van der Waals surface area contributed by atoms with Gasteiger partial charge in [0.1, 0.15) is 35.4 Å². The molecule has 7 N–H and O–H groups in total. The lowest BCUT2D eigenvalue weighted by Gasteiger charge is -2.30. The minimum atomic E-state index is -1.64. The van der Waals surface area contributed by atoms with Crippen LogP contribution in [0.15, 0.2) is 217 Å². The van der Waals surface area contributed by atoms with E-state index < -0.39 is 154 Å². The number of imide groups is 5. The SMILES string of the molecule is CC(C)[C@@H](C(=O)OC(C)(C)C)N1C(=O)c2ccc(Br)cc2C1=O.CC(C)[C@@H](C(=O)OC(C)(C)C)N1C(=O)c2ccc(C#Cc3ccccc3)cc2C1=O.C[C@@H](O)[C@@H](C(=O)NO)N1C(=O)c2ccc(C#Cc3ccccc3)cc2C1=O.C[C@@H](O)[C@@H](C(=O)NOC(C)(C)C)N1C(=O)c2ccc(C#Cc3ccccc3)cc2C1=O.C[C@@H](O)[C@@H](C(=O)O)N1C(=O)c2ccc(C#Cc3ccccc3)cc2C1=O. The van der Waals surface area contributed by atoms with Crippen LogP contribution in [0.3, 0.4) is 0 Å². The van der Waals surface area contributed by atoms with E-state index in [1.165, 1.54) is 62.6 Å². The van der Waals surface area contributed by atoms with Gasteiger partial charge in [-0.25, -0.2) is 25.3 Å². The fraction of sp³-hybridized carbons (Fsp3) is 0.274. The molecule has 0 aromatic heterocycles. The maximum Gasteiger partial charge on any atom is 0.330 e. The number of hydrogen-bond donors (Lipinski definition) is 7. The van der Waals surface area contributed by atoms with Gasteiger partial charge in [-0.1, -0.05) is 164 Å². The Morgan fingerprint density at radius 2 is 0.526 bits per heavy atom. The Morgan fingerprint density at radius 1 is 0.299 bits per heavy atom. The summed E-state index contributed by atoms with van der Waals surface area (Å²) in [6, 6.07) is 54.4. The average molecular weight is 1920 g/mol. The Hall–Kier alpha value is -15.5. The van der Waals surface area contributed by atoms with Gasteiger partial charge in [0.05, 0.1) is 79.5 Å². The number of carboxylic acid groups (broad SMARTS) is 1. The van der Waals surface area contributed by atoms with Crippen molar-refractivity contribution < 1.29 is 112 Å². The number of aliphatic hydroxyl groups is 3. The van der Waals surface area contributed by atoms with Crippen LogP contribution in [0, 0.1) is 59.2 Å². The molecule has 0 unspecified atom stereocenters. The number of carbonyl (C=O) groups excluding carboxylic acids is 14. The summed E-state index contributed by atoms with van der Waals surface area (Å²) in [4.78, 5) is 198. The molecule has 0 radical (unpaired) electrons. The molecule has 0 saturated carbocycles. The van der Waals surface area contributed by atoms with Crippen molar-refractivity contribution in [2.45, 2.75) is 176 Å². The molecule has 31 heteroatoms. The third-order valence-corrected chi connectivity index (χ3v) is 21.2. The molecule has 0 bridgehead atoms. The summed E-state index contributed by atoms with van der Waals surface area (Å²) in [5.74, 6) is 12.7. The molecular weight excluding hydrogens is 1820 g/mol. The summed E-state index contributed by atoms with van der Waals surface area (Å²) in [5, 5.41) is 47.8. The van der Waals surface area contributed by atoms with Crippen LogP contribution in [0.4, 0.5) is 0 Å². The predicted molar refractivity (Wildman–Crippen MR) is 504 cm³/mol. The third kappa shape index (κ3) is 25.1. The van der Waals surface area contributed by atoms with Crippen molar-refractivity contribution in [2.24, 2.45) is 11.8 Å². The Labute approximate surface area is 799 Å². The molecule has 12 amide bonds. The minimum Gasteiger partial charge on any atom is -0.480 e. The maximum atomic E-state index is 13.1. The summed E-state index contributed by atoms with van der Waals surface area (Å²) in [6.45, 7) is 26.6. The van der Waals surface area contributed by atoms with Crippen LogP contribution in [0.5, 0.6) is 0 Å². The summed E-state index contributed by atoms with van der Waals surface area (Å²) < 4.78 is 11.6. The van der Waals surface area contributed by atoms with Gasteiger partial charge in [0, 0.05) is 49.0 Å². The van der Waals surface area contributed by atoms with E-state index >= 15 is 0 Å². The zero-order valence-corrected chi connectivity index (χ0v) is 79.3. The number of ether oxygens (including phenoxy) is 2. The van der Waals surface area contributed by atoms with Gasteiger partial charge >= 0.3 is 17.9 Å². The fourth-order valence-electron chi connectivity index (χ4n) is 14.5. The van der Waals surface area contributed by atoms with Crippen LogP contribution < -0.4 is 11.0 Å². The second-order valence-electron chi connectivity index (χ2n) is 35.6. The minimum absolute atomic E-state index is 0.0850. The maximum absolute atomic E-state index is 13.1. The number of carbonyl (C=O) groups is 15. The summed E-state index contributed by atoms with van der Waals surface area (Å²) in [5.41, 5.74) is 8.86. The molecule has 8 atom stereocenters. The highest BCUT2D eigenvalue weighted by Crippen LogP contribution is 2.36. The van der Waals surface area contributed by atoms with Crippen molar-refractivity contribution in [2.75, 3.05) is 0 Å². The molecule has 137 heavy (non-hydrogen) atoms. The van der Waals surface area contributed by atoms with E-state index in [2.05, 4.69) is 68.8 Å². The smallest absolute Gasteiger partial charge is 0.330 e. The number of aliphatic carboxylic acids is 1. The number of nitrogens with one attached hydrogen (secondary N) is 2. The lowest BCUT2D eigenvalue weighted by molar-refractivity contribution is -0.162. The van der Waals surface area contributed by atoms with Crippen molar-refractivity contribution >= 4 is 105 Å². The number of hydrogen-bond acceptors (Lipinski definition) is 22. The van der Waals surface area contributed by atoms with E-state index in [-0.39, 0.29) is 56.3 Å². The van der Waals surface area contributed by atoms with Crippen LogP contribution in [0.2, 0.25) is 0 Å². The second-order valence-corrected chi connectivity index (χ2v) is 36.5. The van der Waals surface area contributed by atoms with Crippen LogP contribution in [0.1, 0.15) is 259 Å². The number of hydroxylamine groups is 2. The third-order valence-electron chi connectivity index (χ3n) is 20.7. The lowest BCUT2D eigenvalue weighted by Crippen LogP contribution is -2.55. The van der Waals surface area contributed by atoms with Crippen molar-refractivity contribution in [3.63, 3.8) is 0 Å². The largest absolute Gasteiger partial charge is 0.480 e. The lowest BCUT2D eigenvalue weighted by atomic mass is 10.0. The first-order valence-electron chi connectivity index (χ1n) is 43.2. The molecule has 30 nitrogen and oxygen atoms in total. The number of aliphatic hydroxyl groups excluding tert-OH is 3. The van der Waals surface area contributed by atoms with Gasteiger partial charge in [-0.2, -0.15) is 0 Å². The molecule has 0 saturated heterocycles. The van der Waals surface area contributed by atoms with Crippen molar-refractivity contribution in [3.05, 3.63) is 317 Å². The topological polar surface area (TPSA) is 425 Å². The summed E-state index contributed by atoms with van der Waals surface area (Å²) in [7, 11) is 0. The van der Waals surface area contributed by atoms with Gasteiger partial charge in [-0.3, -0.25) is 92.1 Å². The Kier molecular flexibility index (Phi) is 33.4. The summed E-state index contributed by atoms with van der Waals surface area (Å²) >= 11 is 3.29. The first-order chi connectivity index (χ1) is 64.5. The molecule has 5 aliphatic rings. The molecule has 9 aromatic carbocycles. The van der Waals surface area contributed by atoms with Crippen molar-refractivity contribution in [3.8, 4) is 47.4 Å². The van der Waals surface area contributed by atoms with Crippen LogP contribution in [-0.2, 0) is 38.3 Å². The van der Waals surface area contributed by atoms with Gasteiger partial charge in [0.25, 0.3) is 70.9 Å². The van der Waals surface area contributed by atoms with Crippen LogP contribution in [0.25, 0.3) is 0 Å². The first kappa shape index (κ1) is 104. The Balaban J connectivity index is 0.000000177. The van der Waals surface area contributed by atoms with E-state index in [9.17, 15) is 92.3 Å². The van der Waals surface area contributed by atoms with Gasteiger partial charge in [0.2, 0.25) is 0 Å². The Bertz CT molecular complexity index is 6550. The normalized spacial score (nSPS) is 15.0. The standard InChI is InChI=1S/C25H25NO4.C24H24N2O5.C20H16N2O5.C20H15NO5.C17H20BrNO4/c1-16(2)21(24(29)30-25(3,4)5)26-22(27)19-14-13-18(15-20(19)23(26)28)12-11-17-9-7-6-8-10-17;1-15(27)20(21(28)25-31-24(2,3)4)26-22(29)18-13-12-17(14-19(18)23(26)30)11-10-16-8-6-5-7-9-16;1-12(23)17(18(24)21-27)22-19(25)15-10-9-14(11-16(15)20(22)26)8-7-13-5-3-2-4-6-13;1-12(22)17(20(25)26)21-18(23)15-10-9-14(11-16(15)19(21)24)8-7-13-5-3-2-4-6-13;1-9(2)13(16(22)23-17(3,4)5)19-14(20)11-7-6-10(18)8-12(11)15(19)21/h6-10,13-16,21H,1-5H3;5-9,12-15,20,27H,1-4H3,(H,25,28);2-6,9-12,17,23,27H,1H3,(H,21,24);2-6,9-12,17,22H,1H3,(H,25,26);6-9,13H,1-5H3/t21-;15-,20+;2*12-,17+;13-/m01110/s1. The monoisotopic (exact) mass is 1920 g/mol. The van der Waals surface area contributed by atoms with E-state index in [0.717, 1.165) is 37.0 Å². The summed E-state index contributed by atoms with van der Waals surface area (Å²) in [6.07, 6.45) is -4.06. The predicted octanol–water partition coefficient (Wildman–Crippen LogP) is 12.2. The second kappa shape index (κ2) is 44.1. The molecule has 704 valence electrons. The van der Waals surface area contributed by atoms with E-state index in [4.69, 9.17) is 19.5 Å². The quantitative estimate of drug-likeness (QED) is 0.0155. The molecule has 14 rings (SSSR count). The average Bonchev–Trinajstić information content (AvgIpc) is 1.64. The zero-order chi connectivity index (χ0) is 101. The zero-order valence-electron chi connectivity index (χ0n) is 77.7. The molecule has 9 aromatic rings. The molecular formula is C106H100BrN7O23. The number of fused-ring (bicyclic) bond motifs is 5. The van der Waals surface area contributed by atoms with Crippen LogP contribution in [-0.4, -0.2) is 204 Å². The number of esters is 2. The number of benzene rings is 9. The highest BCUT2D eigenvalue weighted by Gasteiger charge is 2.51. The van der Waals surface area contributed by atoms with E-state index in [1.807, 2.05) is 121 Å². The van der Waals surface area contributed by atoms with Crippen molar-refractivity contribution in [1.82, 2.24) is 35.5 Å². The van der Waals surface area contributed by atoms with Crippen LogP contribution >= 0.6 is 15.9 Å². The molecule has 0 aliphatic carbocycles. The molecule has 5 heterocycles. The van der Waals surface area contributed by atoms with E-state index in [1.54, 1.807) is 145 Å². The first-order valence-corrected chi connectivity index (χ1v) is 44.0. The van der Waals surface area contributed by atoms with Gasteiger partial charge in [-0.05, 0) is 234 Å². The van der Waals surface area contributed by atoms with Crippen molar-refractivity contribution in [1.29, 1.82) is 0 Å². The number of carboxylic acids is 1. The fourth-order valence-corrected chi connectivity index (χ4v) is 14.9. The number of amides is 12. The van der Waals surface area contributed by atoms with E-state index in [0.29, 0.717) is 47.7 Å². The Morgan fingerprint density at radius 3 is 0.759 bits per heavy atom. The van der Waals surface area contributed by atoms with Gasteiger partial charge in [0.15, 0.2) is 6.04 Å². The number of rotatable bonds is 16. The number of halogens is 1. The highest BCUT2D eigenvalue weighted by atomic mass is 79.9. The van der Waals surface area contributed by atoms with Gasteiger partial charge < -0.3 is 29.9 Å².